The number of ketones is 1. The predicted octanol–water partition coefficient (Wildman–Crippen LogP) is 10.9. The van der Waals surface area contributed by atoms with Gasteiger partial charge in [-0.05, 0) is 147 Å². The van der Waals surface area contributed by atoms with Gasteiger partial charge in [-0.2, -0.15) is 11.8 Å². The molecule has 7 amide bonds. The van der Waals surface area contributed by atoms with Gasteiger partial charge in [-0.25, -0.2) is 9.59 Å². The van der Waals surface area contributed by atoms with E-state index in [9.17, 15) is 53.7 Å². The number of allylic oxidation sites excluding steroid dienone is 1. The Morgan fingerprint density at radius 3 is 1.92 bits per heavy atom. The summed E-state index contributed by atoms with van der Waals surface area (Å²) in [4.78, 5) is 115. The molecule has 0 spiro atoms. The number of phenols is 2. The van der Waals surface area contributed by atoms with Gasteiger partial charge >= 0.3 is 12.2 Å². The second kappa shape index (κ2) is 42.0. The van der Waals surface area contributed by atoms with Crippen molar-refractivity contribution in [3.8, 4) is 34.3 Å². The lowest BCUT2D eigenvalue weighted by Crippen LogP contribution is -2.55. The standard InChI is InChI=1S/C63H97N7O13S.C14H10N4O2/c1-14-41(6)57(52(80-11)36-55(74)70-33-23-28-50(70)59(81-12)42(7)60(76)65-43(8)58(75)45-24-19-18-20-25-45)68(9)61(77)47(39(2)3)35-51(71)56(40(4)5)69(10)63(79)82-37-44-29-30-48(67-62(78)83-46-26-21-16-15-17-22-27-46)49(34-44)66-53(72)31-32-64-54(73)38-84-13;19-11-5-1-9(2-6-11)13-15-17-14(18-16-13)10-3-7-12(20)8-4-10/h18-21,24-26,29-30,34,39-43,46-47,50,52,56-59,75H,14-17,22-23,27-28,31-33,35-38H2,1-13H3,(H,64,73)(H,65,76)(H,66,72)(H,67,78);1-8,19-20H/b26-21+;/t41-,42+,43+,46?,47-,50-,52+,56-,57-,58+,59+;/m0./s1. The number of likely N-dealkylation sites (N-methyl/N-ethyl adjacent to an activating group) is 2. The molecule has 0 radical (unpaired) electrons. The molecule has 1 fully saturated rings. The topological polar surface area (TPSA) is 344 Å². The molecule has 27 heteroatoms. The number of nitrogens with zero attached hydrogens (tertiary/aromatic N) is 7. The highest BCUT2D eigenvalue weighted by Crippen LogP contribution is 2.33. The van der Waals surface area contributed by atoms with Gasteiger partial charge in [0, 0.05) is 71.3 Å². The average Bonchev–Trinajstić information content (AvgIpc) is 1.47. The first kappa shape index (κ1) is 83.9. The summed E-state index contributed by atoms with van der Waals surface area (Å²) in [5, 5.41) is 56.6. The molecule has 1 aromatic heterocycles. The molecule has 7 N–H and O–H groups in total. The summed E-state index contributed by atoms with van der Waals surface area (Å²) in [5.41, 5.74) is 3.03. The third-order valence-electron chi connectivity index (χ3n) is 19.1. The fourth-order valence-electron chi connectivity index (χ4n) is 13.1. The van der Waals surface area contributed by atoms with Crippen LogP contribution in [-0.4, -0.2) is 194 Å². The Balaban J connectivity index is 0.000000718. The number of aliphatic hydroxyl groups excluding tert-OH is 1. The predicted molar refractivity (Wildman–Crippen MR) is 399 cm³/mol. The number of likely N-dealkylation sites (tertiary alicyclic amines) is 1. The van der Waals surface area contributed by atoms with E-state index in [1.54, 1.807) is 116 Å². The zero-order valence-electron chi connectivity index (χ0n) is 62.3. The highest BCUT2D eigenvalue weighted by Gasteiger charge is 2.44. The summed E-state index contributed by atoms with van der Waals surface area (Å²) in [6.45, 7) is 15.1. The Labute approximate surface area is 615 Å². The van der Waals surface area contributed by atoms with E-state index in [-0.39, 0.29) is 108 Å². The molecule has 26 nitrogen and oxygen atoms in total. The highest BCUT2D eigenvalue weighted by molar-refractivity contribution is 7.99. The number of nitrogens with one attached hydrogen (secondary N) is 4. The number of carbonyl (C=O) groups excluding carboxylic acids is 8. The van der Waals surface area contributed by atoms with Gasteiger partial charge in [0.05, 0.1) is 71.9 Å². The minimum absolute atomic E-state index is 0.0531. The first-order chi connectivity index (χ1) is 49.7. The second-order valence-electron chi connectivity index (χ2n) is 27.4. The van der Waals surface area contributed by atoms with Crippen LogP contribution in [-0.2, 0) is 54.3 Å². The number of hydrogen-bond acceptors (Lipinski definition) is 20. The summed E-state index contributed by atoms with van der Waals surface area (Å²) in [6, 6.07) is 24.2. The molecular formula is C77H107N11O15S. The molecule has 1 aliphatic heterocycles. The summed E-state index contributed by atoms with van der Waals surface area (Å²) in [7, 11) is 6.21. The quantitative estimate of drug-likeness (QED) is 0.0192. The Kier molecular flexibility index (Phi) is 33.9. The molecule has 2 aliphatic rings. The van der Waals surface area contributed by atoms with E-state index in [4.69, 9.17) is 18.9 Å². The number of rotatable bonds is 33. The van der Waals surface area contributed by atoms with Gasteiger partial charge in [-0.1, -0.05) is 104 Å². The van der Waals surface area contributed by atoms with Crippen LogP contribution >= 0.6 is 11.8 Å². The lowest BCUT2D eigenvalue weighted by Gasteiger charge is -2.41. The minimum atomic E-state index is -0.981. The van der Waals surface area contributed by atoms with Crippen molar-refractivity contribution < 1.29 is 72.6 Å². The molecule has 0 saturated carbocycles. The van der Waals surface area contributed by atoms with Gasteiger partial charge in [0.1, 0.15) is 24.2 Å². The number of methoxy groups -OCH3 is 2. The van der Waals surface area contributed by atoms with Crippen molar-refractivity contribution in [1.29, 1.82) is 0 Å². The van der Waals surface area contributed by atoms with Crippen LogP contribution < -0.4 is 21.3 Å². The van der Waals surface area contributed by atoms with E-state index in [0.717, 1.165) is 36.8 Å². The number of aromatic hydroxyl groups is 2. The zero-order chi connectivity index (χ0) is 76.2. The smallest absolute Gasteiger partial charge is 0.412 e. The molecule has 1 aliphatic carbocycles. The number of hydrogen-bond donors (Lipinski definition) is 7. The molecule has 7 rings (SSSR count). The summed E-state index contributed by atoms with van der Waals surface area (Å²) in [6.07, 6.45) is 7.71. The maximum Gasteiger partial charge on any atom is 0.412 e. The van der Waals surface area contributed by atoms with E-state index in [0.29, 0.717) is 55.0 Å². The van der Waals surface area contributed by atoms with Gasteiger partial charge in [-0.3, -0.25) is 34.1 Å². The van der Waals surface area contributed by atoms with Gasteiger partial charge in [0.25, 0.3) is 0 Å². The molecule has 104 heavy (non-hydrogen) atoms. The van der Waals surface area contributed by atoms with Gasteiger partial charge in [-0.15, -0.1) is 20.4 Å². The number of phenolic OH excluding ortho intramolecular Hbond substituents is 2. The van der Waals surface area contributed by atoms with E-state index < -0.39 is 78.5 Å². The van der Waals surface area contributed by atoms with Crippen molar-refractivity contribution in [1.82, 2.24) is 45.7 Å². The van der Waals surface area contributed by atoms with Crippen LogP contribution in [0.3, 0.4) is 0 Å². The Morgan fingerprint density at radius 2 is 1.35 bits per heavy atom. The maximum atomic E-state index is 14.9. The number of benzene rings is 4. The molecule has 5 aromatic rings. The number of amides is 7. The number of Topliss-reactive ketones (excluding diaryl/α,β-unsaturated/α-hetero) is 1. The number of anilines is 2. The van der Waals surface area contributed by atoms with Crippen LogP contribution in [0.5, 0.6) is 11.5 Å². The van der Waals surface area contributed by atoms with Crippen LogP contribution in [0.25, 0.3) is 22.8 Å². The molecule has 1 unspecified atom stereocenters. The van der Waals surface area contributed by atoms with Crippen molar-refractivity contribution in [2.24, 2.45) is 29.6 Å². The number of aliphatic hydroxyl groups is 1. The maximum absolute atomic E-state index is 14.9. The van der Waals surface area contributed by atoms with Crippen LogP contribution in [0.4, 0.5) is 21.0 Å². The minimum Gasteiger partial charge on any atom is -0.508 e. The average molecular weight is 1460 g/mol. The van der Waals surface area contributed by atoms with E-state index >= 15 is 0 Å². The zero-order valence-corrected chi connectivity index (χ0v) is 63.1. The van der Waals surface area contributed by atoms with Crippen LogP contribution in [0, 0.1) is 29.6 Å². The normalized spacial score (nSPS) is 17.3. The lowest BCUT2D eigenvalue weighted by molar-refractivity contribution is -0.149. The second-order valence-corrected chi connectivity index (χ2v) is 28.2. The molecule has 4 aromatic carbocycles. The first-order valence-corrected chi connectivity index (χ1v) is 37.2. The monoisotopic (exact) mass is 1460 g/mol. The van der Waals surface area contributed by atoms with Crippen molar-refractivity contribution in [2.75, 3.05) is 64.0 Å². The lowest BCUT2D eigenvalue weighted by atomic mass is 9.83. The SMILES string of the molecule is CC[C@H](C)[C@@H]([C@@H](CC(=O)N1CCC[C@H]1[C@H](OC)[C@@H](C)C(=O)N[C@H](C)[C@@H](O)c1ccccc1)OC)N(C)C(=O)[C@@H](CC(=O)[C@H](C(C)C)N(C)C(=O)OCc1ccc(NC(=O)OC2/C=C/CCCCC2)c(NC(=O)CCNC(=O)CSC)c1)C(C)C.Oc1ccc(-c2nnc(-c3ccc(O)cc3)nn2)cc1. The van der Waals surface area contributed by atoms with Gasteiger partial charge in [0.2, 0.25) is 41.2 Å². The summed E-state index contributed by atoms with van der Waals surface area (Å²) >= 11 is 1.36. The van der Waals surface area contributed by atoms with E-state index in [2.05, 4.69) is 41.7 Å². The van der Waals surface area contributed by atoms with E-state index in [1.807, 2.05) is 71.9 Å². The van der Waals surface area contributed by atoms with Gasteiger partial charge < -0.3 is 64.9 Å². The van der Waals surface area contributed by atoms with E-state index in [1.165, 1.54) is 37.9 Å². The fraction of sp³-hybridized carbons (Fsp3) is 0.532. The van der Waals surface area contributed by atoms with Crippen LogP contribution in [0.15, 0.2) is 109 Å². The number of ether oxygens (including phenoxy) is 4. The number of thioether (sulfide) groups is 1. The van der Waals surface area contributed by atoms with Crippen molar-refractivity contribution in [3.63, 3.8) is 0 Å². The fourth-order valence-corrected chi connectivity index (χ4v) is 13.4. The molecule has 11 atom stereocenters. The van der Waals surface area contributed by atoms with Crippen molar-refractivity contribution in [3.05, 3.63) is 120 Å². The Bertz CT molecular complexity index is 3550. The number of carbonyl (C=O) groups is 8. The molecule has 1 saturated heterocycles. The largest absolute Gasteiger partial charge is 0.508 e. The van der Waals surface area contributed by atoms with Crippen LogP contribution in [0.2, 0.25) is 0 Å². The first-order valence-electron chi connectivity index (χ1n) is 35.8. The number of aromatic nitrogens is 4. The molecular weight excluding hydrogens is 1350 g/mol. The highest BCUT2D eigenvalue weighted by atomic mass is 32.2. The summed E-state index contributed by atoms with van der Waals surface area (Å²) < 4.78 is 23.6. The summed E-state index contributed by atoms with van der Waals surface area (Å²) in [5.74, 6) is -2.74. The van der Waals surface area contributed by atoms with Crippen molar-refractivity contribution >= 4 is 70.6 Å². The van der Waals surface area contributed by atoms with Crippen LogP contribution in [0.1, 0.15) is 143 Å². The molecule has 0 bridgehead atoms. The molecule has 2 heterocycles. The molecule has 566 valence electrons. The third kappa shape index (κ3) is 24.8. The Hall–Kier alpha value is -9.05. The van der Waals surface area contributed by atoms with Crippen molar-refractivity contribution in [2.45, 2.75) is 181 Å². The Morgan fingerprint density at radius 1 is 0.712 bits per heavy atom. The third-order valence-corrected chi connectivity index (χ3v) is 19.6. The van der Waals surface area contributed by atoms with Gasteiger partial charge in [0.15, 0.2) is 5.78 Å².